The zero-order chi connectivity index (χ0) is 12.8. The molecule has 0 radical (unpaired) electrons. The summed E-state index contributed by atoms with van der Waals surface area (Å²) in [6.45, 7) is 5.07. The van der Waals surface area contributed by atoms with Crippen LogP contribution in [0.5, 0.6) is 5.88 Å². The molecule has 0 aromatic carbocycles. The van der Waals surface area contributed by atoms with E-state index in [1.807, 2.05) is 0 Å². The summed E-state index contributed by atoms with van der Waals surface area (Å²) >= 11 is 6.01. The van der Waals surface area contributed by atoms with Crippen LogP contribution in [-0.2, 0) is 4.74 Å². The van der Waals surface area contributed by atoms with E-state index in [0.29, 0.717) is 29.4 Å². The molecule has 1 aromatic rings. The number of aromatic nitrogens is 2. The average molecular weight is 272 g/mol. The smallest absolute Gasteiger partial charge is 0.237 e. The average Bonchev–Trinajstić information content (AvgIpc) is 2.89. The van der Waals surface area contributed by atoms with Crippen molar-refractivity contribution in [2.45, 2.75) is 19.8 Å². The van der Waals surface area contributed by atoms with Crippen LogP contribution in [0.3, 0.4) is 0 Å². The molecule has 1 N–H and O–H groups in total. The zero-order valence-corrected chi connectivity index (χ0v) is 11.2. The van der Waals surface area contributed by atoms with Gasteiger partial charge in [-0.05, 0) is 12.8 Å². The Morgan fingerprint density at radius 1 is 1.61 bits per heavy atom. The van der Waals surface area contributed by atoms with E-state index in [1.165, 1.54) is 0 Å². The molecule has 100 valence electrons. The second-order valence-corrected chi connectivity index (χ2v) is 4.72. The summed E-state index contributed by atoms with van der Waals surface area (Å²) in [6, 6.07) is 0. The third kappa shape index (κ3) is 3.71. The van der Waals surface area contributed by atoms with Crippen molar-refractivity contribution in [3.63, 3.8) is 0 Å². The molecule has 0 amide bonds. The number of nitrogens with zero attached hydrogens (tertiary/aromatic N) is 2. The number of ether oxygens (including phenoxy) is 2. The maximum absolute atomic E-state index is 6.01. The number of hydrogen-bond donors (Lipinski definition) is 1. The Bertz CT molecular complexity index is 384. The molecule has 2 rings (SSSR count). The van der Waals surface area contributed by atoms with Crippen LogP contribution < -0.4 is 10.1 Å². The van der Waals surface area contributed by atoms with Crippen molar-refractivity contribution in [3.05, 3.63) is 11.2 Å². The van der Waals surface area contributed by atoms with Crippen molar-refractivity contribution in [2.75, 3.05) is 31.7 Å². The molecule has 1 unspecified atom stereocenters. The molecule has 1 atom stereocenters. The van der Waals surface area contributed by atoms with Gasteiger partial charge in [0.2, 0.25) is 11.8 Å². The first-order chi connectivity index (χ1) is 8.79. The Hall–Kier alpha value is -1.07. The van der Waals surface area contributed by atoms with Gasteiger partial charge in [-0.15, -0.1) is 0 Å². The maximum Gasteiger partial charge on any atom is 0.237 e. The summed E-state index contributed by atoms with van der Waals surface area (Å²) in [7, 11) is 0. The van der Waals surface area contributed by atoms with Crippen LogP contribution in [0.25, 0.3) is 0 Å². The molecule has 0 bridgehead atoms. The molecule has 1 aliphatic heterocycles. The minimum atomic E-state index is 0.433. The van der Waals surface area contributed by atoms with Crippen molar-refractivity contribution in [3.8, 4) is 5.88 Å². The minimum Gasteiger partial charge on any atom is -0.476 e. The van der Waals surface area contributed by atoms with Gasteiger partial charge in [-0.3, -0.25) is 0 Å². The van der Waals surface area contributed by atoms with Crippen LogP contribution in [0.15, 0.2) is 6.20 Å². The summed E-state index contributed by atoms with van der Waals surface area (Å²) in [5.74, 6) is 1.43. The molecule has 1 saturated heterocycles. The Kier molecular flexibility index (Phi) is 5.01. The molecule has 0 aliphatic carbocycles. The van der Waals surface area contributed by atoms with E-state index < -0.39 is 0 Å². The van der Waals surface area contributed by atoms with E-state index in [-0.39, 0.29) is 0 Å². The fourth-order valence-corrected chi connectivity index (χ4v) is 1.83. The van der Waals surface area contributed by atoms with Crippen LogP contribution >= 0.6 is 11.6 Å². The molecule has 18 heavy (non-hydrogen) atoms. The van der Waals surface area contributed by atoms with Crippen molar-refractivity contribution in [1.29, 1.82) is 0 Å². The molecule has 6 heteroatoms. The summed E-state index contributed by atoms with van der Waals surface area (Å²) in [5, 5.41) is 3.55. The molecule has 1 aliphatic rings. The predicted octanol–water partition coefficient (Wildman–Crippen LogP) is 2.37. The van der Waals surface area contributed by atoms with Crippen molar-refractivity contribution < 1.29 is 9.47 Å². The fraction of sp³-hybridized carbons (Fsp3) is 0.667. The van der Waals surface area contributed by atoms with E-state index in [9.17, 15) is 0 Å². The van der Waals surface area contributed by atoms with Crippen LogP contribution in [-0.4, -0.2) is 36.3 Å². The maximum atomic E-state index is 6.01. The Morgan fingerprint density at radius 2 is 2.50 bits per heavy atom. The van der Waals surface area contributed by atoms with Gasteiger partial charge in [-0.25, -0.2) is 4.98 Å². The second kappa shape index (κ2) is 6.75. The molecule has 0 saturated carbocycles. The van der Waals surface area contributed by atoms with Crippen molar-refractivity contribution in [1.82, 2.24) is 9.97 Å². The van der Waals surface area contributed by atoms with Gasteiger partial charge in [0.05, 0.1) is 19.4 Å². The minimum absolute atomic E-state index is 0.433. The molecule has 0 spiro atoms. The van der Waals surface area contributed by atoms with Crippen molar-refractivity contribution >= 4 is 17.5 Å². The van der Waals surface area contributed by atoms with E-state index in [2.05, 4.69) is 22.2 Å². The largest absolute Gasteiger partial charge is 0.476 e. The Labute approximate surface area is 112 Å². The Balaban J connectivity index is 1.92. The lowest BCUT2D eigenvalue weighted by molar-refractivity contribution is 0.165. The first kappa shape index (κ1) is 13.4. The highest BCUT2D eigenvalue weighted by atomic mass is 35.5. The molecular weight excluding hydrogens is 254 g/mol. The van der Waals surface area contributed by atoms with Gasteiger partial charge >= 0.3 is 0 Å². The molecule has 1 aromatic heterocycles. The summed E-state index contributed by atoms with van der Waals surface area (Å²) < 4.78 is 10.9. The van der Waals surface area contributed by atoms with Gasteiger partial charge in [0.25, 0.3) is 0 Å². The first-order valence-corrected chi connectivity index (χ1v) is 6.64. The van der Waals surface area contributed by atoms with Gasteiger partial charge < -0.3 is 14.8 Å². The van der Waals surface area contributed by atoms with Gasteiger partial charge in [-0.1, -0.05) is 18.5 Å². The van der Waals surface area contributed by atoms with Crippen molar-refractivity contribution in [2.24, 2.45) is 5.92 Å². The van der Waals surface area contributed by atoms with Crippen LogP contribution in [0.2, 0.25) is 5.02 Å². The quantitative estimate of drug-likeness (QED) is 0.861. The topological polar surface area (TPSA) is 56.3 Å². The van der Waals surface area contributed by atoms with Gasteiger partial charge in [0, 0.05) is 19.1 Å². The SMILES string of the molecule is CCCNc1ncc(Cl)c(OCC2CCOC2)n1. The van der Waals surface area contributed by atoms with E-state index in [0.717, 1.165) is 32.6 Å². The summed E-state index contributed by atoms with van der Waals surface area (Å²) in [5.41, 5.74) is 0. The van der Waals surface area contributed by atoms with Gasteiger partial charge in [0.1, 0.15) is 5.02 Å². The van der Waals surface area contributed by atoms with Crippen LogP contribution in [0.4, 0.5) is 5.95 Å². The van der Waals surface area contributed by atoms with E-state index >= 15 is 0 Å². The highest BCUT2D eigenvalue weighted by Gasteiger charge is 2.17. The third-order valence-electron chi connectivity index (χ3n) is 2.72. The third-order valence-corrected chi connectivity index (χ3v) is 2.98. The van der Waals surface area contributed by atoms with Gasteiger partial charge in [-0.2, -0.15) is 4.98 Å². The Morgan fingerprint density at radius 3 is 3.22 bits per heavy atom. The number of halogens is 1. The van der Waals surface area contributed by atoms with Crippen LogP contribution in [0.1, 0.15) is 19.8 Å². The standard InChI is InChI=1S/C12H18ClN3O2/c1-2-4-14-12-15-6-10(13)11(16-12)18-8-9-3-5-17-7-9/h6,9H,2-5,7-8H2,1H3,(H,14,15,16). The summed E-state index contributed by atoms with van der Waals surface area (Å²) in [4.78, 5) is 8.35. The van der Waals surface area contributed by atoms with Gasteiger partial charge in [0.15, 0.2) is 0 Å². The molecule has 2 heterocycles. The predicted molar refractivity (Wildman–Crippen MR) is 70.2 cm³/mol. The van der Waals surface area contributed by atoms with E-state index in [1.54, 1.807) is 6.20 Å². The lowest BCUT2D eigenvalue weighted by atomic mass is 10.1. The number of anilines is 1. The molecular formula is C12H18ClN3O2. The first-order valence-electron chi connectivity index (χ1n) is 6.26. The lowest BCUT2D eigenvalue weighted by Gasteiger charge is -2.11. The lowest BCUT2D eigenvalue weighted by Crippen LogP contribution is -2.13. The number of rotatable bonds is 6. The van der Waals surface area contributed by atoms with Crippen LogP contribution in [0, 0.1) is 5.92 Å². The zero-order valence-electron chi connectivity index (χ0n) is 10.5. The normalized spacial score (nSPS) is 18.9. The highest BCUT2D eigenvalue weighted by Crippen LogP contribution is 2.23. The fourth-order valence-electron chi connectivity index (χ4n) is 1.69. The summed E-state index contributed by atoms with van der Waals surface area (Å²) in [6.07, 6.45) is 3.61. The monoisotopic (exact) mass is 271 g/mol. The molecule has 1 fully saturated rings. The number of nitrogens with one attached hydrogen (secondary N) is 1. The van der Waals surface area contributed by atoms with E-state index in [4.69, 9.17) is 21.1 Å². The number of hydrogen-bond acceptors (Lipinski definition) is 5. The second-order valence-electron chi connectivity index (χ2n) is 4.31. The molecule has 5 nitrogen and oxygen atoms in total. The highest BCUT2D eigenvalue weighted by molar-refractivity contribution is 6.31.